The highest BCUT2D eigenvalue weighted by Crippen LogP contribution is 2.42. The number of carbonyl (C=O) groups excluding carboxylic acids is 1. The lowest BCUT2D eigenvalue weighted by molar-refractivity contribution is -0.128. The molecule has 3 saturated heterocycles. The number of piperidine rings is 3. The lowest BCUT2D eigenvalue weighted by atomic mass is 9.68. The minimum Gasteiger partial charge on any atom is -0.468 e. The number of nitrogens with zero attached hydrogens (tertiary/aromatic N) is 1. The lowest BCUT2D eigenvalue weighted by Crippen LogP contribution is -2.53. The number of rotatable bonds is 2. The summed E-state index contributed by atoms with van der Waals surface area (Å²) in [5.41, 5.74) is 0. The fourth-order valence-electron chi connectivity index (χ4n) is 3.54. The van der Waals surface area contributed by atoms with E-state index in [4.69, 9.17) is 0 Å². The summed E-state index contributed by atoms with van der Waals surface area (Å²) in [6, 6.07) is 0. The molecule has 3 heteroatoms. The molecule has 4 rings (SSSR count). The third kappa shape index (κ3) is 2.71. The highest BCUT2D eigenvalue weighted by Gasteiger charge is 2.40. The normalized spacial score (nSPS) is 40.6. The van der Waals surface area contributed by atoms with Crippen LogP contribution in [0.25, 0.3) is 0 Å². The molecule has 0 aromatic rings. The molecule has 0 spiro atoms. The number of hydrogen-bond acceptors (Lipinski definition) is 3. The second-order valence-electron chi connectivity index (χ2n) is 5.08. The van der Waals surface area contributed by atoms with Crippen LogP contribution in [0.2, 0.25) is 0 Å². The minimum atomic E-state index is 0.431. The van der Waals surface area contributed by atoms with E-state index in [1.54, 1.807) is 26.2 Å². The third-order valence-electron chi connectivity index (χ3n) is 3.78. The smallest absolute Gasteiger partial charge is 0.293 e. The van der Waals surface area contributed by atoms with Gasteiger partial charge in [0.2, 0.25) is 0 Å². The van der Waals surface area contributed by atoms with E-state index in [1.807, 2.05) is 0 Å². The van der Waals surface area contributed by atoms with Crippen LogP contribution < -0.4 is 0 Å². The van der Waals surface area contributed by atoms with Crippen molar-refractivity contribution in [2.45, 2.75) is 26.2 Å². The highest BCUT2D eigenvalue weighted by molar-refractivity contribution is 5.36. The molecule has 3 aliphatic heterocycles. The van der Waals surface area contributed by atoms with Crippen LogP contribution in [0.1, 0.15) is 26.2 Å². The van der Waals surface area contributed by atoms with Crippen LogP contribution >= 0.6 is 0 Å². The molecule has 0 atom stereocenters. The SMILES string of the molecule is C1C2CC3CC1CN(C2)C3.CCOC=O. The van der Waals surface area contributed by atoms with Crippen LogP contribution in [0, 0.1) is 17.8 Å². The predicted octanol–water partition coefficient (Wildman–Crippen LogP) is 1.53. The maximum absolute atomic E-state index is 9.18. The first-order valence-corrected chi connectivity index (χ1v) is 6.09. The molecule has 3 heterocycles. The minimum absolute atomic E-state index is 0.431. The highest BCUT2D eigenvalue weighted by atomic mass is 16.5. The summed E-state index contributed by atoms with van der Waals surface area (Å²) in [5, 5.41) is 0. The lowest BCUT2D eigenvalue weighted by Gasteiger charge is -2.51. The molecule has 4 bridgehead atoms. The monoisotopic (exact) mass is 211 g/mol. The summed E-state index contributed by atoms with van der Waals surface area (Å²) in [6.45, 7) is 6.98. The van der Waals surface area contributed by atoms with Crippen molar-refractivity contribution in [2.75, 3.05) is 26.2 Å². The van der Waals surface area contributed by atoms with E-state index in [0.717, 1.165) is 17.8 Å². The molecule has 1 saturated carbocycles. The molecule has 0 N–H and O–H groups in total. The molecular weight excluding hydrogens is 190 g/mol. The van der Waals surface area contributed by atoms with Gasteiger partial charge in [-0.3, -0.25) is 4.79 Å². The van der Waals surface area contributed by atoms with Crippen molar-refractivity contribution in [1.29, 1.82) is 0 Å². The molecule has 1 aliphatic carbocycles. The quantitative estimate of drug-likeness (QED) is 0.649. The van der Waals surface area contributed by atoms with Crippen LogP contribution in [0.4, 0.5) is 0 Å². The summed E-state index contributed by atoms with van der Waals surface area (Å²) in [6.07, 6.45) is 4.69. The van der Waals surface area contributed by atoms with E-state index in [9.17, 15) is 4.79 Å². The van der Waals surface area contributed by atoms with Crippen molar-refractivity contribution in [3.8, 4) is 0 Å². The average molecular weight is 211 g/mol. The van der Waals surface area contributed by atoms with Crippen molar-refractivity contribution in [3.63, 3.8) is 0 Å². The van der Waals surface area contributed by atoms with Gasteiger partial charge in [0.05, 0.1) is 6.61 Å². The Hall–Kier alpha value is -0.570. The van der Waals surface area contributed by atoms with Crippen molar-refractivity contribution in [2.24, 2.45) is 17.8 Å². The van der Waals surface area contributed by atoms with E-state index >= 15 is 0 Å². The first kappa shape index (κ1) is 10.9. The molecule has 15 heavy (non-hydrogen) atoms. The topological polar surface area (TPSA) is 29.5 Å². The molecule has 4 fully saturated rings. The maximum atomic E-state index is 9.18. The van der Waals surface area contributed by atoms with Gasteiger partial charge in [0, 0.05) is 19.6 Å². The zero-order valence-electron chi connectivity index (χ0n) is 9.52. The largest absolute Gasteiger partial charge is 0.468 e. The summed E-state index contributed by atoms with van der Waals surface area (Å²) in [5.74, 6) is 3.31. The standard InChI is InChI=1S/C9H15N.C3H6O2/c1-7-2-9-3-8(1)5-10(4-7)6-9;1-2-5-3-4/h7-9H,1-6H2;3H,2H2,1H3. The Kier molecular flexibility index (Phi) is 3.62. The van der Waals surface area contributed by atoms with Gasteiger partial charge in [-0.15, -0.1) is 0 Å². The fraction of sp³-hybridized carbons (Fsp3) is 0.917. The first-order chi connectivity index (χ1) is 7.31. The van der Waals surface area contributed by atoms with Crippen molar-refractivity contribution < 1.29 is 9.53 Å². The summed E-state index contributed by atoms with van der Waals surface area (Å²) in [7, 11) is 0. The molecular formula is C12H21NO2. The van der Waals surface area contributed by atoms with Gasteiger partial charge in [-0.25, -0.2) is 0 Å². The van der Waals surface area contributed by atoms with Gasteiger partial charge in [0.15, 0.2) is 0 Å². The molecule has 3 nitrogen and oxygen atoms in total. The average Bonchev–Trinajstić information content (AvgIpc) is 2.17. The van der Waals surface area contributed by atoms with E-state index in [-0.39, 0.29) is 0 Å². The van der Waals surface area contributed by atoms with Gasteiger partial charge in [-0.1, -0.05) is 0 Å². The van der Waals surface area contributed by atoms with Crippen LogP contribution in [0.15, 0.2) is 0 Å². The molecule has 0 unspecified atom stereocenters. The Bertz CT molecular complexity index is 161. The molecule has 4 aliphatic rings. The van der Waals surface area contributed by atoms with E-state index in [0.29, 0.717) is 13.1 Å². The Balaban J connectivity index is 0.000000149. The Morgan fingerprint density at radius 1 is 1.13 bits per heavy atom. The van der Waals surface area contributed by atoms with Crippen LogP contribution in [-0.4, -0.2) is 37.6 Å². The van der Waals surface area contributed by atoms with Crippen LogP contribution in [-0.2, 0) is 9.53 Å². The summed E-state index contributed by atoms with van der Waals surface area (Å²) >= 11 is 0. The molecule has 86 valence electrons. The fourth-order valence-corrected chi connectivity index (χ4v) is 3.54. The summed E-state index contributed by atoms with van der Waals surface area (Å²) < 4.78 is 4.15. The zero-order valence-corrected chi connectivity index (χ0v) is 9.52. The zero-order chi connectivity index (χ0) is 10.7. The van der Waals surface area contributed by atoms with Gasteiger partial charge in [0.25, 0.3) is 6.47 Å². The van der Waals surface area contributed by atoms with E-state index < -0.39 is 0 Å². The molecule has 0 aromatic carbocycles. The summed E-state index contributed by atoms with van der Waals surface area (Å²) in [4.78, 5) is 11.9. The molecule has 0 aromatic heterocycles. The van der Waals surface area contributed by atoms with Crippen LogP contribution in [0.3, 0.4) is 0 Å². The van der Waals surface area contributed by atoms with E-state index in [2.05, 4.69) is 9.64 Å². The van der Waals surface area contributed by atoms with Crippen molar-refractivity contribution in [1.82, 2.24) is 4.90 Å². The second-order valence-corrected chi connectivity index (χ2v) is 5.08. The van der Waals surface area contributed by atoms with Gasteiger partial charge >= 0.3 is 0 Å². The second kappa shape index (κ2) is 4.97. The molecule has 0 amide bonds. The molecule has 0 radical (unpaired) electrons. The van der Waals surface area contributed by atoms with Gasteiger partial charge in [-0.05, 0) is 43.9 Å². The van der Waals surface area contributed by atoms with Gasteiger partial charge < -0.3 is 9.64 Å². The Morgan fingerprint density at radius 2 is 1.60 bits per heavy atom. The number of hydrogen-bond donors (Lipinski definition) is 0. The van der Waals surface area contributed by atoms with Gasteiger partial charge in [0.1, 0.15) is 0 Å². The number of carbonyl (C=O) groups is 1. The van der Waals surface area contributed by atoms with E-state index in [1.165, 1.54) is 19.6 Å². The van der Waals surface area contributed by atoms with Crippen molar-refractivity contribution >= 4 is 6.47 Å². The maximum Gasteiger partial charge on any atom is 0.293 e. The predicted molar refractivity (Wildman–Crippen MR) is 58.5 cm³/mol. The number of ether oxygens (including phenoxy) is 1. The van der Waals surface area contributed by atoms with Crippen molar-refractivity contribution in [3.05, 3.63) is 0 Å². The first-order valence-electron chi connectivity index (χ1n) is 6.09. The third-order valence-corrected chi connectivity index (χ3v) is 3.78. The Morgan fingerprint density at radius 3 is 1.80 bits per heavy atom. The van der Waals surface area contributed by atoms with Gasteiger partial charge in [-0.2, -0.15) is 0 Å². The Labute approximate surface area is 91.8 Å². The van der Waals surface area contributed by atoms with Crippen LogP contribution in [0.5, 0.6) is 0 Å².